The molecule has 1 aliphatic rings. The molecule has 0 aliphatic heterocycles. The van der Waals surface area contributed by atoms with Gasteiger partial charge in [0.15, 0.2) is 0 Å². The predicted octanol–water partition coefficient (Wildman–Crippen LogP) is 2.09. The van der Waals surface area contributed by atoms with Crippen LogP contribution in [0.25, 0.3) is 0 Å². The van der Waals surface area contributed by atoms with Crippen LogP contribution in [0.15, 0.2) is 18.2 Å². The second kappa shape index (κ2) is 3.45. The molecule has 1 aromatic carbocycles. The number of phenols is 1. The predicted molar refractivity (Wildman–Crippen MR) is 54.3 cm³/mol. The summed E-state index contributed by atoms with van der Waals surface area (Å²) in [5.74, 6) is 0.683. The van der Waals surface area contributed by atoms with Crippen molar-refractivity contribution in [2.24, 2.45) is 5.92 Å². The van der Waals surface area contributed by atoms with Crippen LogP contribution in [0.4, 0.5) is 0 Å². The maximum absolute atomic E-state index is 11.2. The maximum atomic E-state index is 11.2. The van der Waals surface area contributed by atoms with Crippen molar-refractivity contribution in [3.8, 4) is 5.75 Å². The largest absolute Gasteiger partial charge is 0.508 e. The zero-order chi connectivity index (χ0) is 10.1. The minimum atomic E-state index is 0.107. The molecule has 0 saturated heterocycles. The Morgan fingerprint density at radius 1 is 1.50 bits per heavy atom. The molecule has 0 spiro atoms. The molecule has 1 atom stereocenters. The van der Waals surface area contributed by atoms with Crippen LogP contribution in [-0.2, 0) is 17.6 Å². The van der Waals surface area contributed by atoms with E-state index in [4.69, 9.17) is 0 Å². The lowest BCUT2D eigenvalue weighted by Crippen LogP contribution is -2.20. The number of carbonyl (C=O) groups is 1. The van der Waals surface area contributed by atoms with E-state index < -0.39 is 0 Å². The van der Waals surface area contributed by atoms with Gasteiger partial charge in [-0.25, -0.2) is 0 Å². The van der Waals surface area contributed by atoms with E-state index in [9.17, 15) is 9.90 Å². The van der Waals surface area contributed by atoms with Crippen LogP contribution in [0.2, 0.25) is 0 Å². The lowest BCUT2D eigenvalue weighted by molar-refractivity contribution is -0.121. The summed E-state index contributed by atoms with van der Waals surface area (Å²) in [5, 5.41) is 9.64. The van der Waals surface area contributed by atoms with Crippen molar-refractivity contribution in [1.29, 1.82) is 0 Å². The molecule has 1 aliphatic carbocycles. The Morgan fingerprint density at radius 3 is 3.00 bits per heavy atom. The Morgan fingerprint density at radius 2 is 2.29 bits per heavy atom. The van der Waals surface area contributed by atoms with Crippen molar-refractivity contribution in [1.82, 2.24) is 0 Å². The number of Topliss-reactive ketones (excluding diaryl/α,β-unsaturated/α-hetero) is 1. The summed E-state index contributed by atoms with van der Waals surface area (Å²) in [6, 6.07) is 5.59. The number of phenolic OH excluding ortho intramolecular Hbond substituents is 1. The van der Waals surface area contributed by atoms with Crippen LogP contribution >= 0.6 is 0 Å². The summed E-state index contributed by atoms with van der Waals surface area (Å²) in [6.45, 7) is 1.63. The van der Waals surface area contributed by atoms with Crippen molar-refractivity contribution in [3.63, 3.8) is 0 Å². The van der Waals surface area contributed by atoms with Crippen molar-refractivity contribution in [2.75, 3.05) is 0 Å². The van der Waals surface area contributed by atoms with Gasteiger partial charge in [0, 0.05) is 5.92 Å². The second-order valence-electron chi connectivity index (χ2n) is 3.97. The number of hydrogen-bond donors (Lipinski definition) is 1. The number of aryl methyl sites for hydroxylation is 1. The first-order valence-corrected chi connectivity index (χ1v) is 4.98. The van der Waals surface area contributed by atoms with Gasteiger partial charge in [0.25, 0.3) is 0 Å². The van der Waals surface area contributed by atoms with Gasteiger partial charge in [-0.15, -0.1) is 0 Å². The third-order valence-electron chi connectivity index (χ3n) is 3.04. The van der Waals surface area contributed by atoms with E-state index >= 15 is 0 Å². The summed E-state index contributed by atoms with van der Waals surface area (Å²) in [7, 11) is 0. The third kappa shape index (κ3) is 1.52. The molecular formula is C12H14O2. The van der Waals surface area contributed by atoms with Crippen LogP contribution in [0.5, 0.6) is 5.75 Å². The Bertz CT molecular complexity index is 369. The molecule has 0 aromatic heterocycles. The molecule has 2 heteroatoms. The van der Waals surface area contributed by atoms with Gasteiger partial charge in [0.05, 0.1) is 0 Å². The fourth-order valence-electron chi connectivity index (χ4n) is 2.12. The van der Waals surface area contributed by atoms with Crippen LogP contribution in [0.1, 0.15) is 24.5 Å². The van der Waals surface area contributed by atoms with Gasteiger partial charge in [-0.3, -0.25) is 4.79 Å². The van der Waals surface area contributed by atoms with Crippen molar-refractivity contribution in [3.05, 3.63) is 29.3 Å². The number of ketones is 1. The van der Waals surface area contributed by atoms with E-state index in [1.807, 2.05) is 12.1 Å². The fraction of sp³-hybridized carbons (Fsp3) is 0.417. The molecule has 0 amide bonds. The number of benzene rings is 1. The summed E-state index contributed by atoms with van der Waals surface area (Å²) < 4.78 is 0. The molecule has 0 saturated carbocycles. The Hall–Kier alpha value is -1.31. The van der Waals surface area contributed by atoms with Crippen molar-refractivity contribution in [2.45, 2.75) is 26.2 Å². The number of hydrogen-bond acceptors (Lipinski definition) is 2. The Kier molecular flexibility index (Phi) is 2.28. The van der Waals surface area contributed by atoms with E-state index in [2.05, 4.69) is 0 Å². The quantitative estimate of drug-likeness (QED) is 0.736. The second-order valence-corrected chi connectivity index (χ2v) is 3.97. The number of rotatable bonds is 1. The molecule has 2 nitrogen and oxygen atoms in total. The Balaban J connectivity index is 2.33. The minimum Gasteiger partial charge on any atom is -0.508 e. The standard InChI is InChI=1S/C12H14O2/c1-8(13)10-6-5-9-3-2-4-12(14)11(9)7-10/h2-4,10,14H,5-7H2,1H3. The molecule has 1 N–H and O–H groups in total. The minimum absolute atomic E-state index is 0.107. The lowest BCUT2D eigenvalue weighted by atomic mass is 9.82. The van der Waals surface area contributed by atoms with Gasteiger partial charge in [-0.2, -0.15) is 0 Å². The molecule has 0 radical (unpaired) electrons. The summed E-state index contributed by atoms with van der Waals surface area (Å²) in [4.78, 5) is 11.2. The zero-order valence-corrected chi connectivity index (χ0v) is 8.29. The van der Waals surface area contributed by atoms with E-state index in [0.717, 1.165) is 18.4 Å². The van der Waals surface area contributed by atoms with Crippen LogP contribution < -0.4 is 0 Å². The topological polar surface area (TPSA) is 37.3 Å². The first kappa shape index (κ1) is 9.25. The highest BCUT2D eigenvalue weighted by Crippen LogP contribution is 2.31. The Labute approximate surface area is 83.6 Å². The molecule has 14 heavy (non-hydrogen) atoms. The molecule has 0 heterocycles. The fourth-order valence-corrected chi connectivity index (χ4v) is 2.12. The van der Waals surface area contributed by atoms with Crippen molar-refractivity contribution < 1.29 is 9.90 Å². The molecule has 0 fully saturated rings. The average molecular weight is 190 g/mol. The van der Waals surface area contributed by atoms with E-state index in [1.54, 1.807) is 13.0 Å². The SMILES string of the molecule is CC(=O)C1CCc2cccc(O)c2C1. The molecule has 1 unspecified atom stereocenters. The van der Waals surface area contributed by atoms with Gasteiger partial charge in [-0.05, 0) is 43.4 Å². The highest BCUT2D eigenvalue weighted by molar-refractivity contribution is 5.79. The normalized spacial score (nSPS) is 20.2. The number of aromatic hydroxyl groups is 1. The third-order valence-corrected chi connectivity index (χ3v) is 3.04. The molecule has 74 valence electrons. The summed E-state index contributed by atoms with van der Waals surface area (Å²) in [5.41, 5.74) is 2.17. The highest BCUT2D eigenvalue weighted by Gasteiger charge is 2.23. The van der Waals surface area contributed by atoms with Crippen molar-refractivity contribution >= 4 is 5.78 Å². The molecule has 1 aromatic rings. The van der Waals surface area contributed by atoms with Gasteiger partial charge < -0.3 is 5.11 Å². The van der Waals surface area contributed by atoms with Gasteiger partial charge in [-0.1, -0.05) is 12.1 Å². The van der Waals surface area contributed by atoms with Gasteiger partial charge in [0.1, 0.15) is 11.5 Å². The highest BCUT2D eigenvalue weighted by atomic mass is 16.3. The number of fused-ring (bicyclic) bond motifs is 1. The van der Waals surface area contributed by atoms with E-state index in [-0.39, 0.29) is 11.7 Å². The number of carbonyl (C=O) groups excluding carboxylic acids is 1. The first-order valence-electron chi connectivity index (χ1n) is 4.98. The maximum Gasteiger partial charge on any atom is 0.133 e. The smallest absolute Gasteiger partial charge is 0.133 e. The van der Waals surface area contributed by atoms with E-state index in [1.165, 1.54) is 5.56 Å². The summed E-state index contributed by atoms with van der Waals surface area (Å²) in [6.07, 6.45) is 2.54. The van der Waals surface area contributed by atoms with Crippen LogP contribution in [0.3, 0.4) is 0 Å². The first-order chi connectivity index (χ1) is 6.68. The molecule has 0 bridgehead atoms. The van der Waals surface area contributed by atoms with Crippen LogP contribution in [0, 0.1) is 5.92 Å². The van der Waals surface area contributed by atoms with E-state index in [0.29, 0.717) is 12.2 Å². The zero-order valence-electron chi connectivity index (χ0n) is 8.29. The molecule has 2 rings (SSSR count). The monoisotopic (exact) mass is 190 g/mol. The summed E-state index contributed by atoms with van der Waals surface area (Å²) >= 11 is 0. The van der Waals surface area contributed by atoms with Gasteiger partial charge >= 0.3 is 0 Å². The molecular weight excluding hydrogens is 176 g/mol. The lowest BCUT2D eigenvalue weighted by Gasteiger charge is -2.23. The van der Waals surface area contributed by atoms with Crippen LogP contribution in [-0.4, -0.2) is 10.9 Å². The average Bonchev–Trinajstić information content (AvgIpc) is 2.18. The van der Waals surface area contributed by atoms with Gasteiger partial charge in [0.2, 0.25) is 0 Å².